The topological polar surface area (TPSA) is 118 Å². The van der Waals surface area contributed by atoms with Crippen molar-refractivity contribution in [2.75, 3.05) is 37.9 Å². The van der Waals surface area contributed by atoms with Gasteiger partial charge in [0.25, 0.3) is 5.91 Å². The third kappa shape index (κ3) is 5.86. The molecule has 1 amide bonds. The SMILES string of the molecule is C=CCNc1nc(C(=O)OCC(=O)Nc2ccc(C)c(S(=O)(=O)N(C)C)c2)cs1. The highest BCUT2D eigenvalue weighted by atomic mass is 32.2. The Morgan fingerprint density at radius 2 is 2.07 bits per heavy atom. The van der Waals surface area contributed by atoms with Gasteiger partial charge in [0.1, 0.15) is 0 Å². The second-order valence-electron chi connectivity index (χ2n) is 6.10. The molecule has 0 bridgehead atoms. The van der Waals surface area contributed by atoms with Crippen LogP contribution in [0, 0.1) is 6.92 Å². The third-order valence-corrected chi connectivity index (χ3v) is 6.43. The highest BCUT2D eigenvalue weighted by molar-refractivity contribution is 7.89. The lowest BCUT2D eigenvalue weighted by Crippen LogP contribution is -2.24. The average Bonchev–Trinajstić information content (AvgIpc) is 3.14. The van der Waals surface area contributed by atoms with Crippen molar-refractivity contribution in [2.45, 2.75) is 11.8 Å². The molecule has 1 aromatic heterocycles. The number of carbonyl (C=O) groups excluding carboxylic acids is 2. The van der Waals surface area contributed by atoms with Crippen LogP contribution >= 0.6 is 11.3 Å². The second kappa shape index (κ2) is 9.63. The van der Waals surface area contributed by atoms with Gasteiger partial charge in [0.05, 0.1) is 4.90 Å². The van der Waals surface area contributed by atoms with E-state index in [1.54, 1.807) is 25.1 Å². The van der Waals surface area contributed by atoms with Crippen LogP contribution in [0.15, 0.2) is 41.1 Å². The van der Waals surface area contributed by atoms with Gasteiger partial charge in [-0.25, -0.2) is 22.5 Å². The van der Waals surface area contributed by atoms with Crippen molar-refractivity contribution in [1.82, 2.24) is 9.29 Å². The summed E-state index contributed by atoms with van der Waals surface area (Å²) in [6.45, 7) is 5.21. The number of carbonyl (C=O) groups is 2. The highest BCUT2D eigenvalue weighted by Crippen LogP contribution is 2.22. The molecule has 1 aromatic carbocycles. The molecule has 0 aliphatic rings. The largest absolute Gasteiger partial charge is 0.451 e. The Morgan fingerprint density at radius 1 is 1.34 bits per heavy atom. The van der Waals surface area contributed by atoms with Crippen molar-refractivity contribution in [2.24, 2.45) is 0 Å². The number of sulfonamides is 1. The van der Waals surface area contributed by atoms with Crippen LogP contribution in [-0.4, -0.2) is 56.8 Å². The summed E-state index contributed by atoms with van der Waals surface area (Å²) < 4.78 is 30.8. The van der Waals surface area contributed by atoms with Gasteiger partial charge in [-0.2, -0.15) is 0 Å². The van der Waals surface area contributed by atoms with Crippen LogP contribution in [0.1, 0.15) is 16.1 Å². The molecule has 11 heteroatoms. The number of nitrogens with zero attached hydrogens (tertiary/aromatic N) is 2. The first-order chi connectivity index (χ1) is 13.6. The second-order valence-corrected chi connectivity index (χ2v) is 9.08. The summed E-state index contributed by atoms with van der Waals surface area (Å²) in [5.41, 5.74) is 0.915. The summed E-state index contributed by atoms with van der Waals surface area (Å²) in [6, 6.07) is 4.52. The quantitative estimate of drug-likeness (QED) is 0.455. The number of ether oxygens (including phenoxy) is 1. The molecule has 9 nitrogen and oxygen atoms in total. The molecule has 0 saturated heterocycles. The van der Waals surface area contributed by atoms with E-state index in [0.29, 0.717) is 17.2 Å². The third-order valence-electron chi connectivity index (χ3n) is 3.68. The molecule has 2 aromatic rings. The van der Waals surface area contributed by atoms with Crippen molar-refractivity contribution in [3.8, 4) is 0 Å². The molecule has 0 spiro atoms. The number of nitrogens with one attached hydrogen (secondary N) is 2. The first-order valence-electron chi connectivity index (χ1n) is 8.45. The zero-order valence-electron chi connectivity index (χ0n) is 16.3. The van der Waals surface area contributed by atoms with Crippen LogP contribution in [0.4, 0.5) is 10.8 Å². The molecule has 0 aliphatic heterocycles. The van der Waals surface area contributed by atoms with Gasteiger partial charge < -0.3 is 15.4 Å². The fourth-order valence-electron chi connectivity index (χ4n) is 2.16. The normalized spacial score (nSPS) is 11.2. The van der Waals surface area contributed by atoms with Gasteiger partial charge in [-0.05, 0) is 24.6 Å². The number of hydrogen-bond donors (Lipinski definition) is 2. The van der Waals surface area contributed by atoms with Gasteiger partial charge in [-0.15, -0.1) is 17.9 Å². The number of rotatable bonds is 9. The summed E-state index contributed by atoms with van der Waals surface area (Å²) in [7, 11) is -0.801. The molecule has 0 radical (unpaired) electrons. The number of esters is 1. The van der Waals surface area contributed by atoms with Crippen LogP contribution in [0.5, 0.6) is 0 Å². The standard InChI is InChI=1S/C18H22N4O5S2/c1-5-8-19-18-21-14(11-28-18)17(24)27-10-16(23)20-13-7-6-12(2)15(9-13)29(25,26)22(3)4/h5-7,9,11H,1,8,10H2,2-4H3,(H,19,21)(H,20,23). The number of hydrogen-bond acceptors (Lipinski definition) is 8. The summed E-state index contributed by atoms with van der Waals surface area (Å²) >= 11 is 1.23. The Labute approximate surface area is 173 Å². The molecule has 1 heterocycles. The van der Waals surface area contributed by atoms with Crippen LogP contribution in [0.3, 0.4) is 0 Å². The molecular formula is C18H22N4O5S2. The molecule has 0 fully saturated rings. The van der Waals surface area contributed by atoms with Crippen LogP contribution < -0.4 is 10.6 Å². The van der Waals surface area contributed by atoms with Crippen molar-refractivity contribution in [1.29, 1.82) is 0 Å². The number of aromatic nitrogens is 1. The molecule has 0 unspecified atom stereocenters. The van der Waals surface area contributed by atoms with Crippen molar-refractivity contribution in [3.05, 3.63) is 47.5 Å². The summed E-state index contributed by atoms with van der Waals surface area (Å²) in [4.78, 5) is 28.2. The van der Waals surface area contributed by atoms with Gasteiger partial charge in [0.15, 0.2) is 17.4 Å². The number of thiazole rings is 1. The van der Waals surface area contributed by atoms with Crippen LogP contribution in [-0.2, 0) is 19.6 Å². The number of benzene rings is 1. The summed E-state index contributed by atoms with van der Waals surface area (Å²) in [5.74, 6) is -1.33. The smallest absolute Gasteiger partial charge is 0.358 e. The van der Waals surface area contributed by atoms with E-state index in [0.717, 1.165) is 4.31 Å². The predicted octanol–water partition coefficient (Wildman–Crippen LogP) is 2.10. The van der Waals surface area contributed by atoms with Crippen LogP contribution in [0.2, 0.25) is 0 Å². The maximum Gasteiger partial charge on any atom is 0.358 e. The highest BCUT2D eigenvalue weighted by Gasteiger charge is 2.21. The fraction of sp³-hybridized carbons (Fsp3) is 0.278. The Hall–Kier alpha value is -2.76. The van der Waals surface area contributed by atoms with E-state index in [2.05, 4.69) is 22.2 Å². The van der Waals surface area contributed by atoms with E-state index in [4.69, 9.17) is 4.74 Å². The van der Waals surface area contributed by atoms with E-state index in [1.807, 2.05) is 0 Å². The average molecular weight is 439 g/mol. The minimum Gasteiger partial charge on any atom is -0.451 e. The zero-order valence-corrected chi connectivity index (χ0v) is 17.9. The van der Waals surface area contributed by atoms with Crippen molar-refractivity contribution >= 4 is 44.1 Å². The minimum absolute atomic E-state index is 0.0827. The Balaban J connectivity index is 1.98. The van der Waals surface area contributed by atoms with Gasteiger partial charge in [-0.3, -0.25) is 4.79 Å². The van der Waals surface area contributed by atoms with Crippen LogP contribution in [0.25, 0.3) is 0 Å². The zero-order chi connectivity index (χ0) is 21.6. The Kier molecular flexibility index (Phi) is 7.48. The molecule has 0 atom stereocenters. The molecular weight excluding hydrogens is 416 g/mol. The van der Waals surface area contributed by atoms with Gasteiger partial charge in [0.2, 0.25) is 10.0 Å². The fourth-order valence-corrected chi connectivity index (χ4v) is 4.00. The first-order valence-corrected chi connectivity index (χ1v) is 10.8. The van der Waals surface area contributed by atoms with E-state index in [1.165, 1.54) is 36.9 Å². The molecule has 2 rings (SSSR count). The van der Waals surface area contributed by atoms with E-state index >= 15 is 0 Å². The number of anilines is 2. The van der Waals surface area contributed by atoms with Crippen molar-refractivity contribution < 1.29 is 22.7 Å². The van der Waals surface area contributed by atoms with E-state index in [-0.39, 0.29) is 16.3 Å². The maximum atomic E-state index is 12.4. The lowest BCUT2D eigenvalue weighted by molar-refractivity contribution is -0.119. The van der Waals surface area contributed by atoms with Crippen molar-refractivity contribution in [3.63, 3.8) is 0 Å². The monoisotopic (exact) mass is 438 g/mol. The minimum atomic E-state index is -3.65. The van der Waals surface area contributed by atoms with Gasteiger partial charge in [0, 0.05) is 31.7 Å². The maximum absolute atomic E-state index is 12.4. The Morgan fingerprint density at radius 3 is 2.72 bits per heavy atom. The lowest BCUT2D eigenvalue weighted by Gasteiger charge is -2.15. The molecule has 0 saturated carbocycles. The number of amides is 1. The molecule has 29 heavy (non-hydrogen) atoms. The first kappa shape index (κ1) is 22.5. The predicted molar refractivity (Wildman–Crippen MR) is 112 cm³/mol. The van der Waals surface area contributed by atoms with Gasteiger partial charge >= 0.3 is 5.97 Å². The lowest BCUT2D eigenvalue weighted by atomic mass is 10.2. The molecule has 0 aliphatic carbocycles. The summed E-state index contributed by atoms with van der Waals surface area (Å²) in [6.07, 6.45) is 1.66. The summed E-state index contributed by atoms with van der Waals surface area (Å²) in [5, 5.41) is 7.52. The number of aryl methyl sites for hydroxylation is 1. The van der Waals surface area contributed by atoms with E-state index in [9.17, 15) is 18.0 Å². The van der Waals surface area contributed by atoms with Gasteiger partial charge in [-0.1, -0.05) is 12.1 Å². The Bertz CT molecular complexity index is 1020. The molecule has 2 N–H and O–H groups in total. The van der Waals surface area contributed by atoms with E-state index < -0.39 is 28.5 Å². The molecule has 156 valence electrons.